The van der Waals surface area contributed by atoms with E-state index < -0.39 is 0 Å². The van der Waals surface area contributed by atoms with Gasteiger partial charge in [0.15, 0.2) is 0 Å². The number of rotatable bonds is 5. The molecule has 24 heavy (non-hydrogen) atoms. The highest BCUT2D eigenvalue weighted by atomic mass is 16.3. The van der Waals surface area contributed by atoms with E-state index in [1.807, 2.05) is 24.3 Å². The Labute approximate surface area is 141 Å². The minimum Gasteiger partial charge on any atom is -0.438 e. The molecule has 0 amide bonds. The van der Waals surface area contributed by atoms with Gasteiger partial charge in [0.2, 0.25) is 5.89 Å². The maximum atomic E-state index is 12.0. The van der Waals surface area contributed by atoms with Crippen molar-refractivity contribution in [1.29, 1.82) is 0 Å². The van der Waals surface area contributed by atoms with Gasteiger partial charge in [-0.1, -0.05) is 24.3 Å². The highest BCUT2D eigenvalue weighted by Crippen LogP contribution is 2.17. The first-order valence-corrected chi connectivity index (χ1v) is 8.14. The first-order chi connectivity index (χ1) is 11.7. The molecule has 2 aromatic carbocycles. The van der Waals surface area contributed by atoms with Gasteiger partial charge in [0.05, 0.1) is 5.39 Å². The molecule has 0 aliphatic heterocycles. The fourth-order valence-corrected chi connectivity index (χ4v) is 2.65. The minimum absolute atomic E-state index is 0.270. The van der Waals surface area contributed by atoms with Crippen LogP contribution in [-0.2, 0) is 0 Å². The van der Waals surface area contributed by atoms with Crippen molar-refractivity contribution >= 4 is 28.8 Å². The number of anilines is 1. The van der Waals surface area contributed by atoms with E-state index in [1.165, 1.54) is 5.69 Å². The van der Waals surface area contributed by atoms with Crippen LogP contribution in [-0.4, -0.2) is 18.1 Å². The SMILES string of the molecule is CCN(CC)c1ccc(C=Cc2nc(=O)c3ccccc3o2)cc1. The van der Waals surface area contributed by atoms with Gasteiger partial charge in [-0.25, -0.2) is 0 Å². The van der Waals surface area contributed by atoms with Gasteiger partial charge in [-0.15, -0.1) is 0 Å². The van der Waals surface area contributed by atoms with Crippen LogP contribution in [0.15, 0.2) is 57.7 Å². The van der Waals surface area contributed by atoms with E-state index >= 15 is 0 Å². The standard InChI is InChI=1S/C20H20N2O2/c1-3-22(4-2)16-12-9-15(10-13-16)11-14-19-21-20(23)17-7-5-6-8-18(17)24-19/h5-14H,3-4H2,1-2H3. The highest BCUT2D eigenvalue weighted by molar-refractivity contribution is 5.76. The van der Waals surface area contributed by atoms with Gasteiger partial charge in [0, 0.05) is 24.9 Å². The molecular formula is C20H20N2O2. The van der Waals surface area contributed by atoms with E-state index in [2.05, 4.69) is 35.9 Å². The zero-order valence-corrected chi connectivity index (χ0v) is 13.9. The van der Waals surface area contributed by atoms with Gasteiger partial charge in [-0.05, 0) is 49.8 Å². The van der Waals surface area contributed by atoms with Crippen LogP contribution in [0.2, 0.25) is 0 Å². The molecule has 4 nitrogen and oxygen atoms in total. The molecule has 0 saturated heterocycles. The third-order valence-electron chi connectivity index (χ3n) is 3.98. The lowest BCUT2D eigenvalue weighted by Crippen LogP contribution is -2.21. The fraction of sp³-hybridized carbons (Fsp3) is 0.200. The molecule has 1 heterocycles. The second kappa shape index (κ2) is 7.13. The summed E-state index contributed by atoms with van der Waals surface area (Å²) >= 11 is 0. The van der Waals surface area contributed by atoms with Crippen LogP contribution >= 0.6 is 0 Å². The molecule has 3 rings (SSSR count). The molecular weight excluding hydrogens is 300 g/mol. The van der Waals surface area contributed by atoms with Gasteiger partial charge in [-0.3, -0.25) is 4.79 Å². The van der Waals surface area contributed by atoms with E-state index in [-0.39, 0.29) is 5.56 Å². The van der Waals surface area contributed by atoms with Crippen molar-refractivity contribution < 1.29 is 4.42 Å². The molecule has 0 atom stereocenters. The molecule has 4 heteroatoms. The van der Waals surface area contributed by atoms with E-state index in [0.717, 1.165) is 18.7 Å². The van der Waals surface area contributed by atoms with Crippen molar-refractivity contribution in [1.82, 2.24) is 4.98 Å². The molecule has 0 unspecified atom stereocenters. The second-order valence-electron chi connectivity index (χ2n) is 5.45. The monoisotopic (exact) mass is 320 g/mol. The third kappa shape index (κ3) is 3.38. The van der Waals surface area contributed by atoms with E-state index in [1.54, 1.807) is 24.3 Å². The van der Waals surface area contributed by atoms with Crippen molar-refractivity contribution in [2.45, 2.75) is 13.8 Å². The van der Waals surface area contributed by atoms with Crippen LogP contribution in [0.1, 0.15) is 25.3 Å². The number of hydrogen-bond donors (Lipinski definition) is 0. The number of fused-ring (bicyclic) bond motifs is 1. The van der Waals surface area contributed by atoms with E-state index in [0.29, 0.717) is 16.9 Å². The van der Waals surface area contributed by atoms with Crippen LogP contribution in [0.3, 0.4) is 0 Å². The van der Waals surface area contributed by atoms with E-state index in [4.69, 9.17) is 4.42 Å². The Balaban J connectivity index is 1.84. The van der Waals surface area contributed by atoms with Crippen LogP contribution in [0.25, 0.3) is 23.1 Å². The lowest BCUT2D eigenvalue weighted by atomic mass is 10.2. The topological polar surface area (TPSA) is 46.3 Å². The zero-order valence-electron chi connectivity index (χ0n) is 13.9. The molecule has 3 aromatic rings. The number of benzene rings is 2. The zero-order chi connectivity index (χ0) is 16.9. The van der Waals surface area contributed by atoms with Gasteiger partial charge in [0.1, 0.15) is 5.58 Å². The molecule has 0 aliphatic rings. The second-order valence-corrected chi connectivity index (χ2v) is 5.45. The molecule has 122 valence electrons. The summed E-state index contributed by atoms with van der Waals surface area (Å²) < 4.78 is 5.65. The first-order valence-electron chi connectivity index (χ1n) is 8.14. The molecule has 0 bridgehead atoms. The highest BCUT2D eigenvalue weighted by Gasteiger charge is 2.03. The Morgan fingerprint density at radius 1 is 1.00 bits per heavy atom. The summed E-state index contributed by atoms with van der Waals surface area (Å²) in [5.74, 6) is 0.312. The average molecular weight is 320 g/mol. The molecule has 0 N–H and O–H groups in total. The van der Waals surface area contributed by atoms with Gasteiger partial charge < -0.3 is 9.32 Å². The van der Waals surface area contributed by atoms with Crippen molar-refractivity contribution in [2.24, 2.45) is 0 Å². The summed E-state index contributed by atoms with van der Waals surface area (Å²) in [5.41, 5.74) is 2.51. The van der Waals surface area contributed by atoms with Gasteiger partial charge >= 0.3 is 0 Å². The number of hydrogen-bond acceptors (Lipinski definition) is 4. The van der Waals surface area contributed by atoms with Gasteiger partial charge in [0.25, 0.3) is 5.56 Å². The summed E-state index contributed by atoms with van der Waals surface area (Å²) in [5, 5.41) is 0.498. The third-order valence-corrected chi connectivity index (χ3v) is 3.98. The lowest BCUT2D eigenvalue weighted by molar-refractivity contribution is 0.563. The maximum absolute atomic E-state index is 12.0. The van der Waals surface area contributed by atoms with Crippen molar-refractivity contribution in [2.75, 3.05) is 18.0 Å². The Kier molecular flexibility index (Phi) is 4.75. The maximum Gasteiger partial charge on any atom is 0.284 e. The molecule has 1 aromatic heterocycles. The summed E-state index contributed by atoms with van der Waals surface area (Å²) in [6.45, 7) is 6.26. The Morgan fingerprint density at radius 2 is 1.71 bits per heavy atom. The number of nitrogens with zero attached hydrogens (tertiary/aromatic N) is 2. The molecule has 0 aliphatic carbocycles. The molecule has 0 saturated carbocycles. The summed E-state index contributed by atoms with van der Waals surface area (Å²) in [6, 6.07) is 15.4. The van der Waals surface area contributed by atoms with E-state index in [9.17, 15) is 4.79 Å². The lowest BCUT2D eigenvalue weighted by Gasteiger charge is -2.20. The molecule has 0 radical (unpaired) electrons. The Bertz CT molecular complexity index is 907. The predicted molar refractivity (Wildman–Crippen MR) is 99.2 cm³/mol. The van der Waals surface area contributed by atoms with Gasteiger partial charge in [-0.2, -0.15) is 4.98 Å². The number of aromatic nitrogens is 1. The fourth-order valence-electron chi connectivity index (χ4n) is 2.65. The summed E-state index contributed by atoms with van der Waals surface area (Å²) in [4.78, 5) is 18.2. The summed E-state index contributed by atoms with van der Waals surface area (Å²) in [7, 11) is 0. The predicted octanol–water partition coefficient (Wildman–Crippen LogP) is 4.20. The molecule has 0 fully saturated rings. The van der Waals surface area contributed by atoms with Crippen LogP contribution in [0.4, 0.5) is 5.69 Å². The largest absolute Gasteiger partial charge is 0.438 e. The Hall–Kier alpha value is -2.88. The smallest absolute Gasteiger partial charge is 0.284 e. The molecule has 0 spiro atoms. The number of para-hydroxylation sites is 1. The Morgan fingerprint density at radius 3 is 2.42 bits per heavy atom. The summed E-state index contributed by atoms with van der Waals surface area (Å²) in [6.07, 6.45) is 3.62. The van der Waals surface area contributed by atoms with Crippen LogP contribution in [0, 0.1) is 0 Å². The minimum atomic E-state index is -0.270. The van der Waals surface area contributed by atoms with Crippen molar-refractivity contribution in [3.63, 3.8) is 0 Å². The van der Waals surface area contributed by atoms with Crippen molar-refractivity contribution in [3.05, 3.63) is 70.3 Å². The quantitative estimate of drug-likeness (QED) is 0.706. The normalized spacial score (nSPS) is 11.2. The van der Waals surface area contributed by atoms with Crippen molar-refractivity contribution in [3.8, 4) is 0 Å². The average Bonchev–Trinajstić information content (AvgIpc) is 2.62. The first kappa shape index (κ1) is 16.0. The van der Waals surface area contributed by atoms with Crippen LogP contribution < -0.4 is 10.5 Å². The van der Waals surface area contributed by atoms with Crippen LogP contribution in [0.5, 0.6) is 0 Å².